The molecular formula is C13H19N3O2. The summed E-state index contributed by atoms with van der Waals surface area (Å²) in [7, 11) is 1.67. The molecule has 0 saturated carbocycles. The molecule has 1 fully saturated rings. The molecule has 98 valence electrons. The largest absolute Gasteiger partial charge is 0.339 e. The molecule has 5 nitrogen and oxygen atoms in total. The predicted molar refractivity (Wildman–Crippen MR) is 69.4 cm³/mol. The first-order chi connectivity index (χ1) is 8.58. The number of aromatic nitrogens is 1. The van der Waals surface area contributed by atoms with E-state index in [2.05, 4.69) is 0 Å². The number of hydrogen-bond acceptors (Lipinski definition) is 3. The van der Waals surface area contributed by atoms with Crippen LogP contribution in [-0.2, 0) is 7.05 Å². The molecule has 2 rings (SSSR count). The van der Waals surface area contributed by atoms with Crippen LogP contribution in [0, 0.1) is 0 Å². The average molecular weight is 249 g/mol. The lowest BCUT2D eigenvalue weighted by molar-refractivity contribution is 0.0761. The Bertz CT molecular complexity index is 495. The van der Waals surface area contributed by atoms with Crippen LogP contribution in [-0.4, -0.2) is 34.5 Å². The monoisotopic (exact) mass is 249 g/mol. The van der Waals surface area contributed by atoms with Crippen molar-refractivity contribution < 1.29 is 4.79 Å². The summed E-state index contributed by atoms with van der Waals surface area (Å²) < 4.78 is 1.45. The molecule has 1 saturated heterocycles. The lowest BCUT2D eigenvalue weighted by atomic mass is 10.1. The molecule has 0 spiro atoms. The third-order valence-corrected chi connectivity index (χ3v) is 3.41. The zero-order chi connectivity index (χ0) is 13.1. The van der Waals surface area contributed by atoms with Gasteiger partial charge in [-0.05, 0) is 25.3 Å². The van der Waals surface area contributed by atoms with Crippen LogP contribution in [0.15, 0.2) is 23.1 Å². The summed E-state index contributed by atoms with van der Waals surface area (Å²) in [6.07, 6.45) is 4.34. The molecule has 2 heterocycles. The van der Waals surface area contributed by atoms with E-state index in [-0.39, 0.29) is 17.5 Å². The van der Waals surface area contributed by atoms with Crippen molar-refractivity contribution in [3.8, 4) is 0 Å². The van der Waals surface area contributed by atoms with Gasteiger partial charge in [0.15, 0.2) is 0 Å². The molecule has 1 aliphatic heterocycles. The van der Waals surface area contributed by atoms with Gasteiger partial charge in [0.2, 0.25) is 0 Å². The van der Waals surface area contributed by atoms with E-state index in [1.54, 1.807) is 24.2 Å². The Balaban J connectivity index is 2.15. The van der Waals surface area contributed by atoms with Gasteiger partial charge in [-0.1, -0.05) is 0 Å². The summed E-state index contributed by atoms with van der Waals surface area (Å²) in [5, 5.41) is 0. The van der Waals surface area contributed by atoms with E-state index < -0.39 is 0 Å². The second-order valence-electron chi connectivity index (χ2n) is 4.85. The highest BCUT2D eigenvalue weighted by molar-refractivity contribution is 5.94. The Morgan fingerprint density at radius 1 is 1.39 bits per heavy atom. The molecule has 1 aromatic rings. The molecule has 0 aliphatic carbocycles. The maximum absolute atomic E-state index is 12.3. The second-order valence-corrected chi connectivity index (χ2v) is 4.85. The predicted octanol–water partition coefficient (Wildman–Crippen LogP) is 0.339. The number of carbonyl (C=O) groups excluding carboxylic acids is 1. The number of carbonyl (C=O) groups is 1. The minimum Gasteiger partial charge on any atom is -0.339 e. The zero-order valence-electron chi connectivity index (χ0n) is 10.6. The van der Waals surface area contributed by atoms with Crippen molar-refractivity contribution in [3.05, 3.63) is 34.2 Å². The molecule has 0 aromatic carbocycles. The van der Waals surface area contributed by atoms with Crippen LogP contribution in [0.2, 0.25) is 0 Å². The van der Waals surface area contributed by atoms with E-state index in [0.29, 0.717) is 12.1 Å². The smallest absolute Gasteiger partial charge is 0.254 e. The van der Waals surface area contributed by atoms with E-state index in [1.165, 1.54) is 10.6 Å². The molecule has 0 bridgehead atoms. The van der Waals surface area contributed by atoms with Crippen molar-refractivity contribution in [3.63, 3.8) is 0 Å². The van der Waals surface area contributed by atoms with Crippen LogP contribution in [0.4, 0.5) is 0 Å². The van der Waals surface area contributed by atoms with E-state index in [1.807, 2.05) is 0 Å². The summed E-state index contributed by atoms with van der Waals surface area (Å²) in [5.41, 5.74) is 6.19. The summed E-state index contributed by atoms with van der Waals surface area (Å²) in [5.74, 6) is -0.0678. The van der Waals surface area contributed by atoms with Crippen molar-refractivity contribution in [1.82, 2.24) is 9.47 Å². The Morgan fingerprint density at radius 2 is 2.17 bits per heavy atom. The highest BCUT2D eigenvalue weighted by atomic mass is 16.2. The highest BCUT2D eigenvalue weighted by Crippen LogP contribution is 2.12. The Hall–Kier alpha value is -1.62. The number of amides is 1. The van der Waals surface area contributed by atoms with Gasteiger partial charge < -0.3 is 15.2 Å². The quantitative estimate of drug-likeness (QED) is 0.780. The standard InChI is InChI=1S/C13H19N3O2/c1-15-7-4-10(9-12(15)17)13(18)16-6-2-3-11(14)5-8-16/h4,7,9,11H,2-3,5-6,8,14H2,1H3/t11-/m0/s1. The van der Waals surface area contributed by atoms with E-state index in [0.717, 1.165) is 25.8 Å². The Kier molecular flexibility index (Phi) is 3.81. The fourth-order valence-electron chi connectivity index (χ4n) is 2.19. The Morgan fingerprint density at radius 3 is 2.89 bits per heavy atom. The molecule has 0 radical (unpaired) electrons. The summed E-state index contributed by atoms with van der Waals surface area (Å²) in [4.78, 5) is 25.6. The van der Waals surface area contributed by atoms with Crippen molar-refractivity contribution in [1.29, 1.82) is 0 Å². The van der Waals surface area contributed by atoms with Gasteiger partial charge in [-0.3, -0.25) is 9.59 Å². The van der Waals surface area contributed by atoms with Crippen LogP contribution < -0.4 is 11.3 Å². The molecule has 1 aliphatic rings. The van der Waals surface area contributed by atoms with Crippen molar-refractivity contribution in [2.75, 3.05) is 13.1 Å². The van der Waals surface area contributed by atoms with Gasteiger partial charge in [-0.15, -0.1) is 0 Å². The number of likely N-dealkylation sites (tertiary alicyclic amines) is 1. The molecule has 1 amide bonds. The fourth-order valence-corrected chi connectivity index (χ4v) is 2.19. The second kappa shape index (κ2) is 5.35. The van der Waals surface area contributed by atoms with E-state index in [9.17, 15) is 9.59 Å². The maximum atomic E-state index is 12.3. The summed E-state index contributed by atoms with van der Waals surface area (Å²) in [6, 6.07) is 3.27. The van der Waals surface area contributed by atoms with Gasteiger partial charge in [0.25, 0.3) is 11.5 Å². The third kappa shape index (κ3) is 2.79. The lowest BCUT2D eigenvalue weighted by Gasteiger charge is -2.20. The number of aryl methyl sites for hydroxylation is 1. The Labute approximate surface area is 106 Å². The van der Waals surface area contributed by atoms with E-state index >= 15 is 0 Å². The number of nitrogens with two attached hydrogens (primary N) is 1. The summed E-state index contributed by atoms with van der Waals surface area (Å²) in [6.45, 7) is 1.40. The van der Waals surface area contributed by atoms with Crippen LogP contribution in [0.3, 0.4) is 0 Å². The van der Waals surface area contributed by atoms with Crippen LogP contribution >= 0.6 is 0 Å². The first kappa shape index (κ1) is 12.8. The number of nitrogens with zero attached hydrogens (tertiary/aromatic N) is 2. The molecule has 2 N–H and O–H groups in total. The minimum atomic E-state index is -0.160. The molecule has 18 heavy (non-hydrogen) atoms. The van der Waals surface area contributed by atoms with Crippen molar-refractivity contribution in [2.24, 2.45) is 12.8 Å². The normalized spacial score (nSPS) is 20.6. The molecule has 0 unspecified atom stereocenters. The highest BCUT2D eigenvalue weighted by Gasteiger charge is 2.20. The van der Waals surface area contributed by atoms with Gasteiger partial charge in [-0.25, -0.2) is 0 Å². The molecule has 1 atom stereocenters. The van der Waals surface area contributed by atoms with Gasteiger partial charge in [0.1, 0.15) is 0 Å². The van der Waals surface area contributed by atoms with E-state index in [4.69, 9.17) is 5.73 Å². The maximum Gasteiger partial charge on any atom is 0.254 e. The van der Waals surface area contributed by atoms with Crippen LogP contribution in [0.5, 0.6) is 0 Å². The minimum absolute atomic E-state index is 0.0678. The first-order valence-electron chi connectivity index (χ1n) is 6.29. The number of rotatable bonds is 1. The van der Waals surface area contributed by atoms with Crippen molar-refractivity contribution in [2.45, 2.75) is 25.3 Å². The SMILES string of the molecule is Cn1ccc(C(=O)N2CCC[C@H](N)CC2)cc1=O. The van der Waals surface area contributed by atoms with Gasteiger partial charge in [-0.2, -0.15) is 0 Å². The molecule has 1 aromatic heterocycles. The topological polar surface area (TPSA) is 68.3 Å². The van der Waals surface area contributed by atoms with Gasteiger partial charge >= 0.3 is 0 Å². The van der Waals surface area contributed by atoms with Crippen LogP contribution in [0.25, 0.3) is 0 Å². The van der Waals surface area contributed by atoms with Crippen molar-refractivity contribution >= 4 is 5.91 Å². The zero-order valence-corrected chi connectivity index (χ0v) is 10.6. The lowest BCUT2D eigenvalue weighted by Crippen LogP contribution is -2.33. The summed E-state index contributed by atoms with van der Waals surface area (Å²) >= 11 is 0. The average Bonchev–Trinajstić information content (AvgIpc) is 2.57. The number of pyridine rings is 1. The molecular weight excluding hydrogens is 230 g/mol. The first-order valence-corrected chi connectivity index (χ1v) is 6.29. The number of hydrogen-bond donors (Lipinski definition) is 1. The fraction of sp³-hybridized carbons (Fsp3) is 0.538. The third-order valence-electron chi connectivity index (χ3n) is 3.41. The van der Waals surface area contributed by atoms with Gasteiger partial charge in [0.05, 0.1) is 0 Å². The molecule has 5 heteroatoms. The van der Waals surface area contributed by atoms with Gasteiger partial charge in [0, 0.05) is 44.0 Å². The van der Waals surface area contributed by atoms with Crippen LogP contribution in [0.1, 0.15) is 29.6 Å².